The third-order valence-electron chi connectivity index (χ3n) is 1.61. The molecule has 0 N–H and O–H groups in total. The summed E-state index contributed by atoms with van der Waals surface area (Å²) in [6.45, 7) is 1.71. The first-order valence-corrected chi connectivity index (χ1v) is 3.55. The maximum Gasteiger partial charge on any atom is 1.00 e. The zero-order valence-corrected chi connectivity index (χ0v) is 6.94. The highest BCUT2D eigenvalue weighted by atomic mass is 16.1. The van der Waals surface area contributed by atoms with Crippen LogP contribution in [0.3, 0.4) is 0 Å². The molecular weight excluding hydrogens is 168 g/mol. The van der Waals surface area contributed by atoms with E-state index >= 15 is 0 Å². The molecule has 0 heterocycles. The molecule has 0 aliphatic rings. The Kier molecular flexibility index (Phi) is 2.87. The number of isocyanates is 2. The fourth-order valence-electron chi connectivity index (χ4n) is 0.952. The Bertz CT molecular complexity index is 383. The summed E-state index contributed by atoms with van der Waals surface area (Å²) in [5.74, 6) is 0. The summed E-state index contributed by atoms with van der Waals surface area (Å²) in [6, 6.07) is 4.94. The predicted molar refractivity (Wildman–Crippen MR) is 47.9 cm³/mol. The Balaban J connectivity index is 0.00000169. The lowest BCUT2D eigenvalue weighted by atomic mass is 10.1. The maximum absolute atomic E-state index is 10.00. The molecule has 1 aromatic carbocycles. The van der Waals surface area contributed by atoms with Gasteiger partial charge in [-0.15, -0.1) is 0 Å². The van der Waals surface area contributed by atoms with E-state index in [1.165, 1.54) is 12.2 Å². The smallest absolute Gasteiger partial charge is 0.211 e. The third-order valence-corrected chi connectivity index (χ3v) is 1.61. The lowest BCUT2D eigenvalue weighted by Crippen LogP contribution is -1.75. The summed E-state index contributed by atoms with van der Waals surface area (Å²) in [6.07, 6.45) is 2.86. The van der Waals surface area contributed by atoms with E-state index < -0.39 is 0 Å². The van der Waals surface area contributed by atoms with Crippen molar-refractivity contribution in [2.45, 2.75) is 6.92 Å². The second-order valence-electron chi connectivity index (χ2n) is 2.33. The number of aliphatic imine (C=N–C) groups is 2. The molecule has 0 saturated heterocycles. The van der Waals surface area contributed by atoms with Gasteiger partial charge in [-0.3, -0.25) is 0 Å². The second kappa shape index (κ2) is 4.12. The highest BCUT2D eigenvalue weighted by molar-refractivity contribution is 5.64. The summed E-state index contributed by atoms with van der Waals surface area (Å²) >= 11 is 0. The van der Waals surface area contributed by atoms with Crippen molar-refractivity contribution in [2.75, 3.05) is 0 Å². The van der Waals surface area contributed by atoms with Crippen molar-refractivity contribution < 1.29 is 11.0 Å². The molecule has 64 valence electrons. The molecule has 1 rings (SSSR count). The van der Waals surface area contributed by atoms with Crippen molar-refractivity contribution in [1.29, 1.82) is 0 Å². The predicted octanol–water partition coefficient (Wildman–Crippen LogP) is 2.04. The molecule has 1 aromatic rings. The normalized spacial score (nSPS) is 8.38. The molecule has 0 atom stereocenters. The third kappa shape index (κ3) is 1.97. The lowest BCUT2D eigenvalue weighted by Gasteiger charge is -1.99. The monoisotopic (exact) mass is 175 g/mol. The Hall–Kier alpha value is -2.02. The van der Waals surface area contributed by atoms with Crippen LogP contribution in [0.15, 0.2) is 28.2 Å². The summed E-state index contributed by atoms with van der Waals surface area (Å²) in [4.78, 5) is 26.9. The molecule has 0 unspecified atom stereocenters. The summed E-state index contributed by atoms with van der Waals surface area (Å²) in [5, 5.41) is 0. The molecule has 0 bridgehead atoms. The minimum Gasteiger partial charge on any atom is -0.211 e. The van der Waals surface area contributed by atoms with Crippen LogP contribution >= 0.6 is 0 Å². The molecule has 0 fully saturated rings. The minimum absolute atomic E-state index is 0. The first-order chi connectivity index (χ1) is 6.29. The lowest BCUT2D eigenvalue weighted by molar-refractivity contribution is 0.565. The van der Waals surface area contributed by atoms with Gasteiger partial charge in [-0.2, -0.15) is 9.98 Å². The van der Waals surface area contributed by atoms with Crippen molar-refractivity contribution in [2.24, 2.45) is 9.98 Å². The van der Waals surface area contributed by atoms with E-state index in [2.05, 4.69) is 9.98 Å². The van der Waals surface area contributed by atoms with E-state index in [9.17, 15) is 9.59 Å². The van der Waals surface area contributed by atoms with Gasteiger partial charge in [-0.05, 0) is 19.1 Å². The molecule has 0 aliphatic heterocycles. The van der Waals surface area contributed by atoms with Crippen LogP contribution in [-0.4, -0.2) is 12.2 Å². The van der Waals surface area contributed by atoms with Crippen LogP contribution in [0.5, 0.6) is 0 Å². The first-order valence-electron chi connectivity index (χ1n) is 3.55. The van der Waals surface area contributed by atoms with Crippen LogP contribution in [0.25, 0.3) is 0 Å². The number of hydrogen-bond acceptors (Lipinski definition) is 4. The average molecular weight is 175 g/mol. The molecular formula is C9H7N2O2+. The van der Waals surface area contributed by atoms with Gasteiger partial charge < -0.3 is 0 Å². The fraction of sp³-hybridized carbons (Fsp3) is 0.111. The number of hydrogen-bond donors (Lipinski definition) is 0. The Morgan fingerprint density at radius 1 is 1.15 bits per heavy atom. The molecule has 0 radical (unpaired) electrons. The van der Waals surface area contributed by atoms with Crippen molar-refractivity contribution in [3.05, 3.63) is 23.8 Å². The average Bonchev–Trinajstić information content (AvgIpc) is 2.13. The highest BCUT2D eigenvalue weighted by Gasteiger charge is 2.00. The van der Waals surface area contributed by atoms with Gasteiger partial charge in [0.05, 0.1) is 11.4 Å². The van der Waals surface area contributed by atoms with Gasteiger partial charge >= 0.3 is 1.43 Å². The van der Waals surface area contributed by atoms with Gasteiger partial charge in [-0.25, -0.2) is 9.59 Å². The molecule has 4 nitrogen and oxygen atoms in total. The maximum atomic E-state index is 10.00. The van der Waals surface area contributed by atoms with Crippen LogP contribution in [-0.2, 0) is 9.59 Å². The summed E-state index contributed by atoms with van der Waals surface area (Å²) in [5.41, 5.74) is 1.59. The van der Waals surface area contributed by atoms with Crippen LogP contribution in [0, 0.1) is 6.92 Å². The Morgan fingerprint density at radius 3 is 2.00 bits per heavy atom. The van der Waals surface area contributed by atoms with Crippen molar-refractivity contribution in [1.82, 2.24) is 0 Å². The van der Waals surface area contributed by atoms with E-state index in [4.69, 9.17) is 0 Å². The zero-order chi connectivity index (χ0) is 9.68. The van der Waals surface area contributed by atoms with E-state index in [1.807, 2.05) is 0 Å². The van der Waals surface area contributed by atoms with Gasteiger partial charge in [0.25, 0.3) is 0 Å². The SMILES string of the molecule is Cc1c(N=C=O)cccc1N=C=O.[H+]. The molecule has 13 heavy (non-hydrogen) atoms. The second-order valence-corrected chi connectivity index (χ2v) is 2.33. The first kappa shape index (κ1) is 9.07. The van der Waals surface area contributed by atoms with E-state index in [-0.39, 0.29) is 1.43 Å². The quantitative estimate of drug-likeness (QED) is 0.510. The van der Waals surface area contributed by atoms with E-state index in [0.29, 0.717) is 16.9 Å². The fourth-order valence-corrected chi connectivity index (χ4v) is 0.952. The standard InChI is InChI=1S/C9H6N2O2/c1-7-8(10-5-12)3-2-4-9(7)11-6-13/h2-4H,1H3/p+1. The van der Waals surface area contributed by atoms with Crippen molar-refractivity contribution >= 4 is 23.5 Å². The van der Waals surface area contributed by atoms with Crippen LogP contribution in [0.2, 0.25) is 0 Å². The number of nitrogens with zero attached hydrogens (tertiary/aromatic N) is 2. The Labute approximate surface area is 76.1 Å². The van der Waals surface area contributed by atoms with E-state index in [0.717, 1.165) is 0 Å². The molecule has 0 amide bonds. The molecule has 4 heteroatoms. The van der Waals surface area contributed by atoms with Crippen LogP contribution in [0.1, 0.15) is 6.99 Å². The number of benzene rings is 1. The highest BCUT2D eigenvalue weighted by Crippen LogP contribution is 2.26. The molecule has 0 saturated carbocycles. The van der Waals surface area contributed by atoms with Gasteiger partial charge in [0.1, 0.15) is 0 Å². The summed E-state index contributed by atoms with van der Waals surface area (Å²) < 4.78 is 0. The van der Waals surface area contributed by atoms with Crippen molar-refractivity contribution in [3.63, 3.8) is 0 Å². The molecule has 0 aromatic heterocycles. The number of rotatable bonds is 2. The van der Waals surface area contributed by atoms with Gasteiger partial charge in [0.2, 0.25) is 12.2 Å². The van der Waals surface area contributed by atoms with Gasteiger partial charge in [0.15, 0.2) is 0 Å². The Morgan fingerprint density at radius 2 is 1.62 bits per heavy atom. The molecule has 0 aliphatic carbocycles. The van der Waals surface area contributed by atoms with Crippen molar-refractivity contribution in [3.8, 4) is 0 Å². The largest absolute Gasteiger partial charge is 1.00 e. The zero-order valence-electron chi connectivity index (χ0n) is 7.94. The van der Waals surface area contributed by atoms with Gasteiger partial charge in [0, 0.05) is 5.56 Å². The summed E-state index contributed by atoms with van der Waals surface area (Å²) in [7, 11) is 0. The molecule has 0 spiro atoms. The topological polar surface area (TPSA) is 58.9 Å². The van der Waals surface area contributed by atoms with Crippen LogP contribution in [0.4, 0.5) is 11.4 Å². The van der Waals surface area contributed by atoms with E-state index in [1.54, 1.807) is 25.1 Å². The number of carbonyl (C=O) groups excluding carboxylic acids is 2. The minimum atomic E-state index is 0. The van der Waals surface area contributed by atoms with Gasteiger partial charge in [-0.1, -0.05) is 6.07 Å². The van der Waals surface area contributed by atoms with Crippen LogP contribution < -0.4 is 0 Å².